The zero-order valence-electron chi connectivity index (χ0n) is 16.4. The van der Waals surface area contributed by atoms with Gasteiger partial charge in [0.25, 0.3) is 0 Å². The summed E-state index contributed by atoms with van der Waals surface area (Å²) in [5.41, 5.74) is 1.01. The zero-order chi connectivity index (χ0) is 19.5. The lowest BCUT2D eigenvalue weighted by Crippen LogP contribution is -2.29. The molecule has 0 aliphatic carbocycles. The van der Waals surface area contributed by atoms with Crippen molar-refractivity contribution in [1.29, 1.82) is 0 Å². The molecule has 5 heteroatoms. The quantitative estimate of drug-likeness (QED) is 0.526. The highest BCUT2D eigenvalue weighted by molar-refractivity contribution is 5.91. The summed E-state index contributed by atoms with van der Waals surface area (Å²) in [5.74, 6) is 2.08. The van der Waals surface area contributed by atoms with E-state index in [1.165, 1.54) is 0 Å². The van der Waals surface area contributed by atoms with Crippen LogP contribution in [0.5, 0.6) is 11.5 Å². The van der Waals surface area contributed by atoms with E-state index < -0.39 is 0 Å². The lowest BCUT2D eigenvalue weighted by molar-refractivity contribution is -0.126. The van der Waals surface area contributed by atoms with E-state index in [1.54, 1.807) is 24.5 Å². The smallest absolute Gasteiger partial charge is 0.246 e. The molecule has 0 aliphatic heterocycles. The number of carbonyl (C=O) groups excluding carboxylic acids is 1. The molecule has 2 aromatic rings. The number of carbonyl (C=O) groups is 1. The molecular formula is C22H29NO4. The van der Waals surface area contributed by atoms with E-state index in [4.69, 9.17) is 13.9 Å². The molecule has 1 heterocycles. The Bertz CT molecular complexity index is 722. The first-order valence-electron chi connectivity index (χ1n) is 9.56. The standard InChI is InChI=1S/C22H29NO4/c1-4-13-23(22(24)12-10-19-8-7-15-26-19)17-18-9-11-20(27-14-5-2)21(16-18)25-6-3/h7-12,15-16H,4-6,13-14,17H2,1-3H3/b12-10+. The van der Waals surface area contributed by atoms with Gasteiger partial charge in [-0.1, -0.05) is 19.9 Å². The Morgan fingerprint density at radius 1 is 1.11 bits per heavy atom. The third kappa shape index (κ3) is 6.51. The Balaban J connectivity index is 2.12. The van der Waals surface area contributed by atoms with Crippen LogP contribution in [0.4, 0.5) is 0 Å². The third-order valence-corrected chi connectivity index (χ3v) is 3.88. The minimum absolute atomic E-state index is 0.0440. The maximum absolute atomic E-state index is 12.6. The normalized spacial score (nSPS) is 10.9. The molecule has 0 saturated heterocycles. The van der Waals surface area contributed by atoms with Crippen molar-refractivity contribution in [3.8, 4) is 11.5 Å². The van der Waals surface area contributed by atoms with E-state index in [0.29, 0.717) is 32.1 Å². The van der Waals surface area contributed by atoms with Gasteiger partial charge in [0.2, 0.25) is 5.91 Å². The van der Waals surface area contributed by atoms with Crippen molar-refractivity contribution in [2.45, 2.75) is 40.2 Å². The van der Waals surface area contributed by atoms with E-state index in [0.717, 1.165) is 29.9 Å². The van der Waals surface area contributed by atoms with E-state index in [9.17, 15) is 4.79 Å². The Morgan fingerprint density at radius 2 is 1.96 bits per heavy atom. The van der Waals surface area contributed by atoms with Gasteiger partial charge in [-0.25, -0.2) is 0 Å². The molecule has 0 bridgehead atoms. The lowest BCUT2D eigenvalue weighted by Gasteiger charge is -2.21. The summed E-state index contributed by atoms with van der Waals surface area (Å²) in [6.45, 7) is 8.49. The minimum Gasteiger partial charge on any atom is -0.490 e. The van der Waals surface area contributed by atoms with Gasteiger partial charge in [0.1, 0.15) is 5.76 Å². The molecule has 1 aromatic heterocycles. The largest absolute Gasteiger partial charge is 0.490 e. The highest BCUT2D eigenvalue weighted by Gasteiger charge is 2.13. The fraction of sp³-hybridized carbons (Fsp3) is 0.409. The van der Waals surface area contributed by atoms with Crippen molar-refractivity contribution in [3.63, 3.8) is 0 Å². The molecule has 1 aromatic carbocycles. The van der Waals surface area contributed by atoms with Crippen LogP contribution in [-0.2, 0) is 11.3 Å². The van der Waals surface area contributed by atoms with Crippen LogP contribution in [0.15, 0.2) is 47.1 Å². The monoisotopic (exact) mass is 371 g/mol. The summed E-state index contributed by atoms with van der Waals surface area (Å²) in [7, 11) is 0. The molecule has 0 saturated carbocycles. The molecule has 0 spiro atoms. The van der Waals surface area contributed by atoms with Gasteiger partial charge in [0.15, 0.2) is 11.5 Å². The molecule has 27 heavy (non-hydrogen) atoms. The van der Waals surface area contributed by atoms with Crippen LogP contribution in [0.2, 0.25) is 0 Å². The van der Waals surface area contributed by atoms with Crippen LogP contribution in [0.25, 0.3) is 6.08 Å². The number of nitrogens with zero attached hydrogens (tertiary/aromatic N) is 1. The molecule has 0 fully saturated rings. The van der Waals surface area contributed by atoms with Gasteiger partial charge in [-0.05, 0) is 55.7 Å². The summed E-state index contributed by atoms with van der Waals surface area (Å²) in [4.78, 5) is 14.4. The van der Waals surface area contributed by atoms with Crippen molar-refractivity contribution in [2.75, 3.05) is 19.8 Å². The molecule has 5 nitrogen and oxygen atoms in total. The number of amides is 1. The second-order valence-corrected chi connectivity index (χ2v) is 6.17. The average molecular weight is 371 g/mol. The summed E-state index contributed by atoms with van der Waals surface area (Å²) < 4.78 is 16.7. The van der Waals surface area contributed by atoms with Crippen LogP contribution in [-0.4, -0.2) is 30.6 Å². The maximum Gasteiger partial charge on any atom is 0.246 e. The van der Waals surface area contributed by atoms with Gasteiger partial charge in [-0.2, -0.15) is 0 Å². The molecule has 146 valence electrons. The fourth-order valence-electron chi connectivity index (χ4n) is 2.65. The molecule has 0 unspecified atom stereocenters. The van der Waals surface area contributed by atoms with Crippen LogP contribution in [0.1, 0.15) is 44.9 Å². The van der Waals surface area contributed by atoms with Crippen LogP contribution in [0, 0.1) is 0 Å². The molecule has 0 aliphatic rings. The van der Waals surface area contributed by atoms with Gasteiger partial charge in [0.05, 0.1) is 19.5 Å². The molecule has 0 N–H and O–H groups in total. The first kappa shape index (κ1) is 20.6. The minimum atomic E-state index is -0.0440. The van der Waals surface area contributed by atoms with Gasteiger partial charge < -0.3 is 18.8 Å². The molecule has 1 amide bonds. The number of furan rings is 1. The second kappa shape index (κ2) is 11.1. The topological polar surface area (TPSA) is 51.9 Å². The Labute approximate surface area is 161 Å². The lowest BCUT2D eigenvalue weighted by atomic mass is 10.1. The maximum atomic E-state index is 12.6. The van der Waals surface area contributed by atoms with Crippen molar-refractivity contribution in [3.05, 3.63) is 54.0 Å². The number of ether oxygens (including phenoxy) is 2. The van der Waals surface area contributed by atoms with Crippen molar-refractivity contribution in [1.82, 2.24) is 4.90 Å². The van der Waals surface area contributed by atoms with Gasteiger partial charge in [-0.3, -0.25) is 4.79 Å². The van der Waals surface area contributed by atoms with Crippen molar-refractivity contribution >= 4 is 12.0 Å². The predicted molar refractivity (Wildman–Crippen MR) is 107 cm³/mol. The average Bonchev–Trinajstić information content (AvgIpc) is 3.19. The Morgan fingerprint density at radius 3 is 2.63 bits per heavy atom. The molecular weight excluding hydrogens is 342 g/mol. The molecule has 0 atom stereocenters. The van der Waals surface area contributed by atoms with Crippen LogP contribution in [0.3, 0.4) is 0 Å². The molecule has 0 radical (unpaired) electrons. The third-order valence-electron chi connectivity index (χ3n) is 3.88. The van der Waals surface area contributed by atoms with E-state index >= 15 is 0 Å². The molecule has 2 rings (SSSR count). The van der Waals surface area contributed by atoms with Crippen molar-refractivity contribution in [2.24, 2.45) is 0 Å². The number of hydrogen-bond acceptors (Lipinski definition) is 4. The van der Waals surface area contributed by atoms with Crippen LogP contribution < -0.4 is 9.47 Å². The summed E-state index contributed by atoms with van der Waals surface area (Å²) in [5, 5.41) is 0. The highest BCUT2D eigenvalue weighted by Crippen LogP contribution is 2.29. The van der Waals surface area contributed by atoms with E-state index in [2.05, 4.69) is 13.8 Å². The van der Waals surface area contributed by atoms with E-state index in [1.807, 2.05) is 36.1 Å². The highest BCUT2D eigenvalue weighted by atomic mass is 16.5. The fourth-order valence-corrected chi connectivity index (χ4v) is 2.65. The van der Waals surface area contributed by atoms with Gasteiger partial charge in [-0.15, -0.1) is 0 Å². The van der Waals surface area contributed by atoms with Crippen molar-refractivity contribution < 1.29 is 18.7 Å². The Kier molecular flexibility index (Phi) is 8.49. The SMILES string of the molecule is CCCOc1ccc(CN(CCC)C(=O)/C=C/c2ccco2)cc1OCC. The zero-order valence-corrected chi connectivity index (χ0v) is 16.4. The summed E-state index contributed by atoms with van der Waals surface area (Å²) in [6.07, 6.45) is 6.66. The van der Waals surface area contributed by atoms with E-state index in [-0.39, 0.29) is 5.91 Å². The van der Waals surface area contributed by atoms with Gasteiger partial charge in [0, 0.05) is 19.2 Å². The predicted octanol–water partition coefficient (Wildman–Crippen LogP) is 4.92. The number of benzene rings is 1. The first-order valence-corrected chi connectivity index (χ1v) is 9.56. The Hall–Kier alpha value is -2.69. The van der Waals surface area contributed by atoms with Gasteiger partial charge >= 0.3 is 0 Å². The first-order chi connectivity index (χ1) is 13.2. The second-order valence-electron chi connectivity index (χ2n) is 6.17. The number of rotatable bonds is 11. The number of hydrogen-bond donors (Lipinski definition) is 0. The summed E-state index contributed by atoms with van der Waals surface area (Å²) >= 11 is 0. The summed E-state index contributed by atoms with van der Waals surface area (Å²) in [6, 6.07) is 9.48. The van der Waals surface area contributed by atoms with Crippen LogP contribution >= 0.6 is 0 Å².